The molecule has 0 aliphatic rings. The van der Waals surface area contributed by atoms with Crippen molar-refractivity contribution >= 4 is 26.7 Å². The Morgan fingerprint density at radius 3 is 2.37 bits per heavy atom. The van der Waals surface area contributed by atoms with Crippen LogP contribution in [0.1, 0.15) is 15.9 Å². The fraction of sp³-hybridized carbons (Fsp3) is 0.0952. The number of sulfonamides is 1. The number of hydrogen-bond acceptors (Lipinski definition) is 3. The van der Waals surface area contributed by atoms with Crippen LogP contribution in [0.25, 0.3) is 10.8 Å². The van der Waals surface area contributed by atoms with E-state index in [2.05, 4.69) is 16.0 Å². The predicted octanol–water partition coefficient (Wildman–Crippen LogP) is 2.68. The standard InChI is InChI=1S/C21H18N2O3S/c1-2-13-23-27(25,26)20-11-9-18(10-12-20)21(24)22-15-16-7-8-17-5-3-4-6-19(17)14-16/h1,3-12,14,23H,13,15H2,(H,22,24). The molecule has 0 aromatic heterocycles. The minimum atomic E-state index is -3.67. The first kappa shape index (κ1) is 18.6. The maximum Gasteiger partial charge on any atom is 0.251 e. The molecule has 6 heteroatoms. The molecule has 0 aliphatic carbocycles. The molecule has 0 bridgehead atoms. The number of fused-ring (bicyclic) bond motifs is 1. The zero-order valence-electron chi connectivity index (χ0n) is 14.5. The third-order valence-electron chi connectivity index (χ3n) is 4.06. The van der Waals surface area contributed by atoms with Gasteiger partial charge in [0.05, 0.1) is 11.4 Å². The van der Waals surface area contributed by atoms with Crippen LogP contribution < -0.4 is 10.0 Å². The summed E-state index contributed by atoms with van der Waals surface area (Å²) in [5, 5.41) is 5.09. The average molecular weight is 378 g/mol. The number of rotatable bonds is 6. The number of nitrogens with one attached hydrogen (secondary N) is 2. The smallest absolute Gasteiger partial charge is 0.251 e. The molecular formula is C21H18N2O3S. The van der Waals surface area contributed by atoms with Crippen molar-refractivity contribution in [1.29, 1.82) is 0 Å². The van der Waals surface area contributed by atoms with E-state index >= 15 is 0 Å². The monoisotopic (exact) mass is 378 g/mol. The van der Waals surface area contributed by atoms with Gasteiger partial charge in [-0.1, -0.05) is 42.3 Å². The predicted molar refractivity (Wildman–Crippen MR) is 106 cm³/mol. The molecule has 0 saturated carbocycles. The number of benzene rings is 3. The van der Waals surface area contributed by atoms with Gasteiger partial charge in [0, 0.05) is 12.1 Å². The van der Waals surface area contributed by atoms with Gasteiger partial charge in [0.25, 0.3) is 5.91 Å². The van der Waals surface area contributed by atoms with E-state index in [0.717, 1.165) is 16.3 Å². The molecule has 0 radical (unpaired) electrons. The second-order valence-corrected chi connectivity index (χ2v) is 7.68. The van der Waals surface area contributed by atoms with E-state index in [1.807, 2.05) is 42.5 Å². The van der Waals surface area contributed by atoms with Gasteiger partial charge in [0.1, 0.15) is 0 Å². The fourth-order valence-corrected chi connectivity index (χ4v) is 3.57. The maximum atomic E-state index is 12.3. The topological polar surface area (TPSA) is 75.3 Å². The highest BCUT2D eigenvalue weighted by atomic mass is 32.2. The molecule has 3 rings (SSSR count). The van der Waals surface area contributed by atoms with Gasteiger partial charge in [-0.15, -0.1) is 6.42 Å². The molecule has 0 heterocycles. The highest BCUT2D eigenvalue weighted by Gasteiger charge is 2.14. The lowest BCUT2D eigenvalue weighted by atomic mass is 10.1. The summed E-state index contributed by atoms with van der Waals surface area (Å²) >= 11 is 0. The van der Waals surface area contributed by atoms with E-state index in [1.165, 1.54) is 24.3 Å². The normalized spacial score (nSPS) is 11.1. The second kappa shape index (κ2) is 8.04. The minimum Gasteiger partial charge on any atom is -0.348 e. The molecule has 136 valence electrons. The lowest BCUT2D eigenvalue weighted by Crippen LogP contribution is -2.25. The third-order valence-corrected chi connectivity index (χ3v) is 5.48. The SMILES string of the molecule is C#CCNS(=O)(=O)c1ccc(C(=O)NCc2ccc3ccccc3c2)cc1. The summed E-state index contributed by atoms with van der Waals surface area (Å²) < 4.78 is 26.2. The first-order valence-corrected chi connectivity index (χ1v) is 9.77. The van der Waals surface area contributed by atoms with Gasteiger partial charge in [-0.2, -0.15) is 4.72 Å². The molecular weight excluding hydrogens is 360 g/mol. The zero-order chi connectivity index (χ0) is 19.3. The summed E-state index contributed by atoms with van der Waals surface area (Å²) in [7, 11) is -3.67. The summed E-state index contributed by atoms with van der Waals surface area (Å²) in [5.74, 6) is 1.94. The first-order chi connectivity index (χ1) is 13.0. The molecule has 0 unspecified atom stereocenters. The fourth-order valence-electron chi connectivity index (χ4n) is 2.64. The Labute approximate surface area is 158 Å². The Bertz CT molecular complexity index is 1110. The third kappa shape index (κ3) is 4.53. The van der Waals surface area contributed by atoms with Gasteiger partial charge in [0.15, 0.2) is 0 Å². The summed E-state index contributed by atoms with van der Waals surface area (Å²) in [6.07, 6.45) is 5.06. The van der Waals surface area contributed by atoms with Crippen molar-refractivity contribution in [1.82, 2.24) is 10.0 Å². The molecule has 3 aromatic rings. The molecule has 5 nitrogen and oxygen atoms in total. The maximum absolute atomic E-state index is 12.3. The van der Waals surface area contributed by atoms with Crippen molar-refractivity contribution in [2.45, 2.75) is 11.4 Å². The van der Waals surface area contributed by atoms with Crippen LogP contribution in [0, 0.1) is 12.3 Å². The van der Waals surface area contributed by atoms with Crippen LogP contribution in [-0.4, -0.2) is 20.9 Å². The lowest BCUT2D eigenvalue weighted by Gasteiger charge is -2.08. The molecule has 2 N–H and O–H groups in total. The van der Waals surface area contributed by atoms with E-state index in [9.17, 15) is 13.2 Å². The Balaban J connectivity index is 1.66. The van der Waals surface area contributed by atoms with E-state index < -0.39 is 10.0 Å². The zero-order valence-corrected chi connectivity index (χ0v) is 15.3. The van der Waals surface area contributed by atoms with E-state index in [0.29, 0.717) is 12.1 Å². The number of amides is 1. The molecule has 27 heavy (non-hydrogen) atoms. The Hall–Kier alpha value is -3.14. The van der Waals surface area contributed by atoms with E-state index in [4.69, 9.17) is 6.42 Å². The van der Waals surface area contributed by atoms with Gasteiger partial charge in [0.2, 0.25) is 10.0 Å². The van der Waals surface area contributed by atoms with Crippen molar-refractivity contribution in [3.8, 4) is 12.3 Å². The number of hydrogen-bond donors (Lipinski definition) is 2. The van der Waals surface area contributed by atoms with Crippen molar-refractivity contribution in [2.75, 3.05) is 6.54 Å². The van der Waals surface area contributed by atoms with Gasteiger partial charge in [-0.05, 0) is 46.7 Å². The molecule has 0 fully saturated rings. The van der Waals surface area contributed by atoms with Crippen molar-refractivity contribution in [2.24, 2.45) is 0 Å². The van der Waals surface area contributed by atoms with Gasteiger partial charge >= 0.3 is 0 Å². The summed E-state index contributed by atoms with van der Waals surface area (Å²) in [4.78, 5) is 12.4. The van der Waals surface area contributed by atoms with Gasteiger partial charge in [-0.25, -0.2) is 8.42 Å². The molecule has 1 amide bonds. The van der Waals surface area contributed by atoms with Crippen LogP contribution in [0.15, 0.2) is 71.6 Å². The van der Waals surface area contributed by atoms with Crippen LogP contribution in [0.3, 0.4) is 0 Å². The minimum absolute atomic E-state index is 0.0591. The molecule has 0 spiro atoms. The number of carbonyl (C=O) groups is 1. The van der Waals surface area contributed by atoms with Crippen molar-refractivity contribution in [3.63, 3.8) is 0 Å². The van der Waals surface area contributed by atoms with Crippen LogP contribution in [0.2, 0.25) is 0 Å². The van der Waals surface area contributed by atoms with Gasteiger partial charge < -0.3 is 5.32 Å². The Morgan fingerprint density at radius 2 is 1.67 bits per heavy atom. The van der Waals surface area contributed by atoms with Crippen LogP contribution in [0.4, 0.5) is 0 Å². The van der Waals surface area contributed by atoms with Crippen molar-refractivity contribution < 1.29 is 13.2 Å². The molecule has 0 aliphatic heterocycles. The summed E-state index contributed by atoms with van der Waals surface area (Å²) in [5.41, 5.74) is 1.37. The molecule has 0 atom stereocenters. The Kier molecular flexibility index (Phi) is 5.55. The largest absolute Gasteiger partial charge is 0.348 e. The van der Waals surface area contributed by atoms with Gasteiger partial charge in [-0.3, -0.25) is 4.79 Å². The van der Waals surface area contributed by atoms with Crippen molar-refractivity contribution in [3.05, 3.63) is 77.9 Å². The molecule has 0 saturated heterocycles. The summed E-state index contributed by atoms with van der Waals surface area (Å²) in [6.45, 7) is 0.295. The lowest BCUT2D eigenvalue weighted by molar-refractivity contribution is 0.0951. The highest BCUT2D eigenvalue weighted by molar-refractivity contribution is 7.89. The van der Waals surface area contributed by atoms with E-state index in [-0.39, 0.29) is 17.3 Å². The average Bonchev–Trinajstić information content (AvgIpc) is 2.70. The van der Waals surface area contributed by atoms with Crippen LogP contribution in [-0.2, 0) is 16.6 Å². The second-order valence-electron chi connectivity index (χ2n) is 5.92. The summed E-state index contributed by atoms with van der Waals surface area (Å²) in [6, 6.07) is 19.7. The first-order valence-electron chi connectivity index (χ1n) is 8.29. The number of carbonyl (C=O) groups excluding carboxylic acids is 1. The highest BCUT2D eigenvalue weighted by Crippen LogP contribution is 2.16. The van der Waals surface area contributed by atoms with Crippen LogP contribution in [0.5, 0.6) is 0 Å². The van der Waals surface area contributed by atoms with Crippen LogP contribution >= 0.6 is 0 Å². The Morgan fingerprint density at radius 1 is 0.963 bits per heavy atom. The van der Waals surface area contributed by atoms with E-state index in [1.54, 1.807) is 0 Å². The molecule has 3 aromatic carbocycles. The number of terminal acetylenes is 1. The quantitative estimate of drug-likeness (QED) is 0.648.